The molecule has 0 aromatic carbocycles. The number of hydrogen-bond acceptors (Lipinski definition) is 5. The number of amides is 1. The average Bonchev–Trinajstić information content (AvgIpc) is 3.31. The summed E-state index contributed by atoms with van der Waals surface area (Å²) in [6, 6.07) is -0.707. The van der Waals surface area contributed by atoms with Gasteiger partial charge in [0.05, 0.1) is 25.2 Å². The maximum Gasteiger partial charge on any atom is 0.306 e. The Kier molecular flexibility index (Phi) is 52.9. The first-order valence-corrected chi connectivity index (χ1v) is 29.6. The summed E-state index contributed by atoms with van der Waals surface area (Å²) >= 11 is 0. The van der Waals surface area contributed by atoms with Crippen LogP contribution in [0.5, 0.6) is 0 Å². The maximum atomic E-state index is 13.2. The molecule has 6 heteroatoms. The first kappa shape index (κ1) is 64.3. The van der Waals surface area contributed by atoms with Crippen LogP contribution >= 0.6 is 0 Å². The number of aliphatic hydroxyl groups excluding tert-OH is 2. The van der Waals surface area contributed by atoms with Gasteiger partial charge in [-0.2, -0.15) is 0 Å². The molecular formula is C60H115NO5. The molecule has 0 aromatic heterocycles. The van der Waals surface area contributed by atoms with Gasteiger partial charge in [-0.25, -0.2) is 0 Å². The molecule has 66 heavy (non-hydrogen) atoms. The van der Waals surface area contributed by atoms with Gasteiger partial charge in [-0.05, 0) is 70.6 Å². The van der Waals surface area contributed by atoms with Crippen LogP contribution in [0.1, 0.15) is 323 Å². The Hall–Kier alpha value is -1.66. The second-order valence-electron chi connectivity index (χ2n) is 20.4. The fourth-order valence-electron chi connectivity index (χ4n) is 9.25. The van der Waals surface area contributed by atoms with Crippen LogP contribution in [0.3, 0.4) is 0 Å². The molecule has 0 spiro atoms. The Labute approximate surface area is 411 Å². The van der Waals surface area contributed by atoms with E-state index in [1.54, 1.807) is 0 Å². The van der Waals surface area contributed by atoms with Gasteiger partial charge in [0.1, 0.15) is 6.10 Å². The highest BCUT2D eigenvalue weighted by Gasteiger charge is 2.24. The monoisotopic (exact) mass is 930 g/mol. The van der Waals surface area contributed by atoms with E-state index in [1.165, 1.54) is 225 Å². The van der Waals surface area contributed by atoms with Crippen molar-refractivity contribution >= 4 is 11.9 Å². The van der Waals surface area contributed by atoms with Crippen molar-refractivity contribution < 1.29 is 24.5 Å². The van der Waals surface area contributed by atoms with Gasteiger partial charge in [-0.3, -0.25) is 9.59 Å². The SMILES string of the molecule is CCCCCCCC/C=C\CCCC(CC(=O)NC(CO)C(O)CCCCCCCCCCCCCCCCCCC)OC(=O)CCCCCCCCCCC/C=C/CCCCCCCC. The minimum absolute atomic E-state index is 0.0606. The summed E-state index contributed by atoms with van der Waals surface area (Å²) in [5.74, 6) is -0.489. The first-order chi connectivity index (χ1) is 32.5. The molecule has 390 valence electrons. The summed E-state index contributed by atoms with van der Waals surface area (Å²) < 4.78 is 5.94. The summed E-state index contributed by atoms with van der Waals surface area (Å²) in [5.41, 5.74) is 0. The number of allylic oxidation sites excluding steroid dienone is 4. The molecule has 0 aliphatic rings. The molecule has 0 rings (SSSR count). The van der Waals surface area contributed by atoms with E-state index in [9.17, 15) is 19.8 Å². The maximum absolute atomic E-state index is 13.2. The van der Waals surface area contributed by atoms with E-state index in [0.29, 0.717) is 19.3 Å². The van der Waals surface area contributed by atoms with Crippen molar-refractivity contribution in [1.82, 2.24) is 5.32 Å². The van der Waals surface area contributed by atoms with E-state index in [-0.39, 0.29) is 24.9 Å². The van der Waals surface area contributed by atoms with Crippen LogP contribution in [0, 0.1) is 0 Å². The topological polar surface area (TPSA) is 95.9 Å². The Morgan fingerprint density at radius 2 is 0.742 bits per heavy atom. The van der Waals surface area contributed by atoms with Gasteiger partial charge in [-0.1, -0.05) is 263 Å². The van der Waals surface area contributed by atoms with Crippen molar-refractivity contribution in [2.24, 2.45) is 0 Å². The normalized spacial score (nSPS) is 13.2. The molecule has 0 saturated heterocycles. The van der Waals surface area contributed by atoms with Gasteiger partial charge in [0.15, 0.2) is 0 Å². The van der Waals surface area contributed by atoms with E-state index >= 15 is 0 Å². The molecule has 6 nitrogen and oxygen atoms in total. The molecule has 0 saturated carbocycles. The van der Waals surface area contributed by atoms with Crippen molar-refractivity contribution in [2.45, 2.75) is 341 Å². The minimum atomic E-state index is -0.792. The Morgan fingerprint density at radius 3 is 1.11 bits per heavy atom. The molecule has 0 aromatic rings. The van der Waals surface area contributed by atoms with E-state index in [1.807, 2.05) is 0 Å². The predicted molar refractivity (Wildman–Crippen MR) is 287 cm³/mol. The van der Waals surface area contributed by atoms with Crippen molar-refractivity contribution in [3.63, 3.8) is 0 Å². The van der Waals surface area contributed by atoms with Crippen molar-refractivity contribution in [3.05, 3.63) is 24.3 Å². The average molecular weight is 931 g/mol. The van der Waals surface area contributed by atoms with Crippen LogP contribution < -0.4 is 5.32 Å². The van der Waals surface area contributed by atoms with Gasteiger partial charge in [0, 0.05) is 6.42 Å². The number of unbranched alkanes of at least 4 members (excludes halogenated alkanes) is 38. The molecular weight excluding hydrogens is 815 g/mol. The third-order valence-electron chi connectivity index (χ3n) is 13.8. The number of nitrogens with one attached hydrogen (secondary N) is 1. The van der Waals surface area contributed by atoms with Gasteiger partial charge in [0.2, 0.25) is 5.91 Å². The van der Waals surface area contributed by atoms with Gasteiger partial charge < -0.3 is 20.3 Å². The molecule has 0 heterocycles. The second kappa shape index (κ2) is 54.3. The number of esters is 1. The lowest BCUT2D eigenvalue weighted by Gasteiger charge is -2.24. The fraction of sp³-hybridized carbons (Fsp3) is 0.900. The predicted octanol–water partition coefficient (Wildman–Crippen LogP) is 18.2. The number of ether oxygens (including phenoxy) is 1. The Morgan fingerprint density at radius 1 is 0.424 bits per heavy atom. The molecule has 0 aliphatic carbocycles. The van der Waals surface area contributed by atoms with E-state index in [0.717, 1.165) is 51.4 Å². The van der Waals surface area contributed by atoms with Crippen molar-refractivity contribution in [3.8, 4) is 0 Å². The molecule has 0 aliphatic heterocycles. The molecule has 1 amide bonds. The number of carbonyl (C=O) groups is 2. The fourth-order valence-corrected chi connectivity index (χ4v) is 9.25. The van der Waals surface area contributed by atoms with Crippen molar-refractivity contribution in [2.75, 3.05) is 6.61 Å². The largest absolute Gasteiger partial charge is 0.462 e. The number of rotatable bonds is 54. The highest BCUT2D eigenvalue weighted by molar-refractivity contribution is 5.77. The van der Waals surface area contributed by atoms with Crippen LogP contribution in [0.4, 0.5) is 0 Å². The highest BCUT2D eigenvalue weighted by atomic mass is 16.5. The van der Waals surface area contributed by atoms with E-state index in [2.05, 4.69) is 50.4 Å². The molecule has 0 bridgehead atoms. The number of carbonyl (C=O) groups excluding carboxylic acids is 2. The van der Waals surface area contributed by atoms with Gasteiger partial charge >= 0.3 is 5.97 Å². The third kappa shape index (κ3) is 48.8. The smallest absolute Gasteiger partial charge is 0.306 e. The third-order valence-corrected chi connectivity index (χ3v) is 13.8. The van der Waals surface area contributed by atoms with Crippen molar-refractivity contribution in [1.29, 1.82) is 0 Å². The molecule has 3 atom stereocenters. The van der Waals surface area contributed by atoms with Gasteiger partial charge in [0.25, 0.3) is 0 Å². The standard InChI is InChI=1S/C60H115NO5/c1-4-7-10-13-16-19-22-24-26-28-29-31-33-35-38-41-44-47-50-53-60(65)66-56(51-48-45-42-39-36-21-18-15-12-9-6-3)54-59(64)61-57(55-62)58(63)52-49-46-43-40-37-34-32-30-27-25-23-20-17-14-11-8-5-2/h24,26,39,42,56-58,62-63H,4-23,25,27-38,40-41,43-55H2,1-3H3,(H,61,64)/b26-24+,42-39-. The van der Waals surface area contributed by atoms with E-state index in [4.69, 9.17) is 4.74 Å². The summed E-state index contributed by atoms with van der Waals surface area (Å²) in [7, 11) is 0. The Balaban J connectivity index is 4.42. The zero-order chi connectivity index (χ0) is 48.1. The Bertz CT molecular complexity index is 1040. The zero-order valence-corrected chi connectivity index (χ0v) is 44.6. The first-order valence-electron chi connectivity index (χ1n) is 29.6. The lowest BCUT2D eigenvalue weighted by molar-refractivity contribution is -0.151. The van der Waals surface area contributed by atoms with Crippen LogP contribution in [-0.4, -0.2) is 46.9 Å². The number of aliphatic hydroxyl groups is 2. The minimum Gasteiger partial charge on any atom is -0.462 e. The van der Waals surface area contributed by atoms with Crippen LogP contribution in [0.15, 0.2) is 24.3 Å². The van der Waals surface area contributed by atoms with Crippen LogP contribution in [0.25, 0.3) is 0 Å². The quantitative estimate of drug-likeness (QED) is 0.0321. The summed E-state index contributed by atoms with van der Waals surface area (Å²) in [6.45, 7) is 6.50. The second-order valence-corrected chi connectivity index (χ2v) is 20.4. The lowest BCUT2D eigenvalue weighted by Crippen LogP contribution is -2.46. The molecule has 0 fully saturated rings. The summed E-state index contributed by atoms with van der Waals surface area (Å²) in [5, 5.41) is 23.9. The van der Waals surface area contributed by atoms with Gasteiger partial charge in [-0.15, -0.1) is 0 Å². The molecule has 3 N–H and O–H groups in total. The molecule has 0 radical (unpaired) electrons. The zero-order valence-electron chi connectivity index (χ0n) is 44.6. The van der Waals surface area contributed by atoms with Crippen LogP contribution in [0.2, 0.25) is 0 Å². The van der Waals surface area contributed by atoms with Crippen LogP contribution in [-0.2, 0) is 14.3 Å². The highest BCUT2D eigenvalue weighted by Crippen LogP contribution is 2.18. The number of hydrogen-bond donors (Lipinski definition) is 3. The summed E-state index contributed by atoms with van der Waals surface area (Å²) in [4.78, 5) is 26.2. The summed E-state index contributed by atoms with van der Waals surface area (Å²) in [6.07, 6.45) is 64.0. The van der Waals surface area contributed by atoms with E-state index < -0.39 is 18.2 Å². The lowest BCUT2D eigenvalue weighted by atomic mass is 10.0. The molecule has 3 unspecified atom stereocenters.